The van der Waals surface area contributed by atoms with E-state index in [4.69, 9.17) is 4.74 Å². The Morgan fingerprint density at radius 1 is 1.33 bits per heavy atom. The summed E-state index contributed by atoms with van der Waals surface area (Å²) in [6, 6.07) is 3.88. The molecule has 0 aliphatic heterocycles. The molecule has 96 valence electrons. The second-order valence-electron chi connectivity index (χ2n) is 4.17. The summed E-state index contributed by atoms with van der Waals surface area (Å²) in [6.07, 6.45) is 5.73. The number of hydrogen-bond acceptors (Lipinski definition) is 4. The first-order chi connectivity index (χ1) is 8.78. The minimum Gasteiger partial charge on any atom is -0.481 e. The first-order valence-corrected chi connectivity index (χ1v) is 5.96. The van der Waals surface area contributed by atoms with Crippen LogP contribution in [-0.2, 0) is 13.1 Å². The van der Waals surface area contributed by atoms with Crippen LogP contribution in [0.5, 0.6) is 5.88 Å². The van der Waals surface area contributed by atoms with Crippen LogP contribution < -0.4 is 10.1 Å². The Kier molecular flexibility index (Phi) is 4.30. The largest absolute Gasteiger partial charge is 0.481 e. The minimum absolute atomic E-state index is 0.644. The number of rotatable bonds is 6. The van der Waals surface area contributed by atoms with Gasteiger partial charge in [0, 0.05) is 31.5 Å². The second-order valence-corrected chi connectivity index (χ2v) is 4.17. The Bertz CT molecular complexity index is 478. The van der Waals surface area contributed by atoms with Gasteiger partial charge in [0.15, 0.2) is 0 Å². The summed E-state index contributed by atoms with van der Waals surface area (Å²) in [5.41, 5.74) is 2.34. The van der Waals surface area contributed by atoms with Crippen molar-refractivity contribution in [1.29, 1.82) is 0 Å². The SMILES string of the molecule is COc1ccc(CNCCn2cc(C)cn2)cn1. The third-order valence-corrected chi connectivity index (χ3v) is 2.62. The Labute approximate surface area is 107 Å². The van der Waals surface area contributed by atoms with Gasteiger partial charge in [0.2, 0.25) is 5.88 Å². The highest BCUT2D eigenvalue weighted by Gasteiger charge is 1.96. The summed E-state index contributed by atoms with van der Waals surface area (Å²) < 4.78 is 6.95. The number of ether oxygens (including phenoxy) is 1. The average molecular weight is 246 g/mol. The molecule has 18 heavy (non-hydrogen) atoms. The van der Waals surface area contributed by atoms with Gasteiger partial charge in [0.1, 0.15) is 0 Å². The maximum absolute atomic E-state index is 5.01. The number of hydrogen-bond donors (Lipinski definition) is 1. The van der Waals surface area contributed by atoms with Crippen molar-refractivity contribution in [2.24, 2.45) is 0 Å². The molecule has 2 aromatic rings. The van der Waals surface area contributed by atoms with Crippen molar-refractivity contribution in [1.82, 2.24) is 20.1 Å². The molecule has 0 fully saturated rings. The summed E-state index contributed by atoms with van der Waals surface area (Å²) >= 11 is 0. The highest BCUT2D eigenvalue weighted by Crippen LogP contribution is 2.05. The van der Waals surface area contributed by atoms with Gasteiger partial charge in [-0.3, -0.25) is 4.68 Å². The lowest BCUT2D eigenvalue weighted by molar-refractivity contribution is 0.397. The molecule has 0 atom stereocenters. The summed E-state index contributed by atoms with van der Waals surface area (Å²) in [6.45, 7) is 4.60. The van der Waals surface area contributed by atoms with E-state index >= 15 is 0 Å². The predicted octanol–water partition coefficient (Wildman–Crippen LogP) is 1.38. The van der Waals surface area contributed by atoms with Crippen LogP contribution in [0.3, 0.4) is 0 Å². The highest BCUT2D eigenvalue weighted by atomic mass is 16.5. The number of aryl methyl sites for hydroxylation is 1. The zero-order valence-electron chi connectivity index (χ0n) is 10.8. The normalized spacial score (nSPS) is 10.6. The van der Waals surface area contributed by atoms with Gasteiger partial charge in [0.05, 0.1) is 19.9 Å². The van der Waals surface area contributed by atoms with Crippen LogP contribution in [0, 0.1) is 6.92 Å². The van der Waals surface area contributed by atoms with Crippen LogP contribution in [0.2, 0.25) is 0 Å². The average Bonchev–Trinajstić information content (AvgIpc) is 2.81. The van der Waals surface area contributed by atoms with E-state index in [2.05, 4.69) is 15.4 Å². The molecule has 5 nitrogen and oxygen atoms in total. The molecular weight excluding hydrogens is 228 g/mol. The monoisotopic (exact) mass is 246 g/mol. The lowest BCUT2D eigenvalue weighted by Crippen LogP contribution is -2.19. The Morgan fingerprint density at radius 2 is 2.22 bits per heavy atom. The van der Waals surface area contributed by atoms with Gasteiger partial charge in [0.25, 0.3) is 0 Å². The molecule has 2 aromatic heterocycles. The summed E-state index contributed by atoms with van der Waals surface area (Å²) in [5.74, 6) is 0.644. The van der Waals surface area contributed by atoms with Crippen LogP contribution in [0.1, 0.15) is 11.1 Å². The van der Waals surface area contributed by atoms with E-state index in [0.29, 0.717) is 5.88 Å². The molecule has 2 heterocycles. The van der Waals surface area contributed by atoms with Gasteiger partial charge in [-0.2, -0.15) is 5.10 Å². The maximum Gasteiger partial charge on any atom is 0.212 e. The Hall–Kier alpha value is -1.88. The van der Waals surface area contributed by atoms with Crippen LogP contribution in [0.4, 0.5) is 0 Å². The molecule has 0 amide bonds. The van der Waals surface area contributed by atoms with Crippen molar-refractivity contribution in [2.45, 2.75) is 20.0 Å². The number of nitrogens with one attached hydrogen (secondary N) is 1. The zero-order valence-corrected chi connectivity index (χ0v) is 10.8. The molecule has 5 heteroatoms. The summed E-state index contributed by atoms with van der Waals surface area (Å²) in [5, 5.41) is 7.59. The van der Waals surface area contributed by atoms with Crippen LogP contribution in [0.15, 0.2) is 30.7 Å². The molecule has 0 saturated carbocycles. The molecule has 0 aliphatic rings. The van der Waals surface area contributed by atoms with E-state index in [1.54, 1.807) is 7.11 Å². The van der Waals surface area contributed by atoms with Crippen molar-refractivity contribution in [3.63, 3.8) is 0 Å². The molecule has 0 radical (unpaired) electrons. The predicted molar refractivity (Wildman–Crippen MR) is 69.5 cm³/mol. The van der Waals surface area contributed by atoms with E-state index in [-0.39, 0.29) is 0 Å². The molecule has 2 rings (SSSR count). The van der Waals surface area contributed by atoms with E-state index in [0.717, 1.165) is 25.2 Å². The van der Waals surface area contributed by atoms with Gasteiger partial charge < -0.3 is 10.1 Å². The van der Waals surface area contributed by atoms with Gasteiger partial charge >= 0.3 is 0 Å². The number of methoxy groups -OCH3 is 1. The fraction of sp³-hybridized carbons (Fsp3) is 0.385. The van der Waals surface area contributed by atoms with Gasteiger partial charge in [-0.25, -0.2) is 4.98 Å². The van der Waals surface area contributed by atoms with E-state index in [1.165, 1.54) is 5.56 Å². The quantitative estimate of drug-likeness (QED) is 0.782. The highest BCUT2D eigenvalue weighted by molar-refractivity contribution is 5.17. The van der Waals surface area contributed by atoms with Gasteiger partial charge in [-0.15, -0.1) is 0 Å². The first kappa shape index (κ1) is 12.6. The Morgan fingerprint density at radius 3 is 2.83 bits per heavy atom. The first-order valence-electron chi connectivity index (χ1n) is 5.96. The van der Waals surface area contributed by atoms with Crippen molar-refractivity contribution in [3.05, 3.63) is 41.9 Å². The van der Waals surface area contributed by atoms with Crippen molar-refractivity contribution in [2.75, 3.05) is 13.7 Å². The maximum atomic E-state index is 5.01. The summed E-state index contributed by atoms with van der Waals surface area (Å²) in [7, 11) is 1.62. The standard InChI is InChI=1S/C13H18N4O/c1-11-7-16-17(10-11)6-5-14-8-12-3-4-13(18-2)15-9-12/h3-4,7,9-10,14H,5-6,8H2,1-2H3. The third kappa shape index (κ3) is 3.56. The molecule has 0 aliphatic carbocycles. The minimum atomic E-state index is 0.644. The molecule has 0 unspecified atom stereocenters. The molecular formula is C13H18N4O. The lowest BCUT2D eigenvalue weighted by Gasteiger charge is -2.05. The Balaban J connectivity index is 1.71. The van der Waals surface area contributed by atoms with Crippen molar-refractivity contribution < 1.29 is 4.74 Å². The lowest BCUT2D eigenvalue weighted by atomic mass is 10.3. The zero-order chi connectivity index (χ0) is 12.8. The molecule has 0 bridgehead atoms. The molecule has 0 aromatic carbocycles. The van der Waals surface area contributed by atoms with Crippen LogP contribution >= 0.6 is 0 Å². The van der Waals surface area contributed by atoms with E-state index in [1.807, 2.05) is 42.3 Å². The number of aromatic nitrogens is 3. The van der Waals surface area contributed by atoms with Crippen molar-refractivity contribution >= 4 is 0 Å². The van der Waals surface area contributed by atoms with E-state index < -0.39 is 0 Å². The molecule has 0 spiro atoms. The van der Waals surface area contributed by atoms with Gasteiger partial charge in [-0.1, -0.05) is 6.07 Å². The smallest absolute Gasteiger partial charge is 0.212 e. The fourth-order valence-corrected chi connectivity index (χ4v) is 1.65. The number of nitrogens with zero attached hydrogens (tertiary/aromatic N) is 3. The number of pyridine rings is 1. The van der Waals surface area contributed by atoms with Gasteiger partial charge in [-0.05, 0) is 18.1 Å². The third-order valence-electron chi connectivity index (χ3n) is 2.62. The molecule has 0 saturated heterocycles. The summed E-state index contributed by atoms with van der Waals surface area (Å²) in [4.78, 5) is 4.16. The van der Waals surface area contributed by atoms with E-state index in [9.17, 15) is 0 Å². The van der Waals surface area contributed by atoms with Crippen LogP contribution in [0.25, 0.3) is 0 Å². The van der Waals surface area contributed by atoms with Crippen molar-refractivity contribution in [3.8, 4) is 5.88 Å². The molecule has 1 N–H and O–H groups in total. The topological polar surface area (TPSA) is 52.0 Å². The fourth-order valence-electron chi connectivity index (χ4n) is 1.65. The second kappa shape index (κ2) is 6.16. The van der Waals surface area contributed by atoms with Crippen LogP contribution in [-0.4, -0.2) is 28.4 Å².